The van der Waals surface area contributed by atoms with Gasteiger partial charge in [0.15, 0.2) is 6.54 Å². The largest absolute Gasteiger partial charge is 0.544 e. The van der Waals surface area contributed by atoms with Gasteiger partial charge in [-0.1, -0.05) is 71.1 Å². The molecule has 0 spiro atoms. The molecule has 0 saturated heterocycles. The Bertz CT molecular complexity index is 534. The fraction of sp³-hybridized carbons (Fsp3) is 0.826. The number of nitrogens with zero attached hydrogens (tertiary/aromatic N) is 2. The molecule has 5 heteroatoms. The van der Waals surface area contributed by atoms with Crippen LogP contribution in [0.1, 0.15) is 97.3 Å². The number of unbranched alkanes of at least 4 members (excludes halogenated alkanes) is 10. The third-order valence-electron chi connectivity index (χ3n) is 5.43. The Morgan fingerprint density at radius 1 is 1.11 bits per heavy atom. The lowest BCUT2D eigenvalue weighted by Crippen LogP contribution is -2.39. The Kier molecular flexibility index (Phi) is 13.5. The molecule has 0 aromatic heterocycles. The Hall–Kier alpha value is -1.54. The summed E-state index contributed by atoms with van der Waals surface area (Å²) in [6.07, 6.45) is 15.3. The van der Waals surface area contributed by atoms with E-state index in [0.29, 0.717) is 13.1 Å². The topological polar surface area (TPSA) is 66.6 Å². The summed E-state index contributed by atoms with van der Waals surface area (Å²) in [6.45, 7) is 5.22. The molecule has 1 rings (SSSR count). The maximum atomic E-state index is 10.8. The van der Waals surface area contributed by atoms with E-state index in [4.69, 9.17) is 0 Å². The first-order valence-electron chi connectivity index (χ1n) is 11.3. The van der Waals surface area contributed by atoms with E-state index in [1.165, 1.54) is 64.2 Å². The summed E-state index contributed by atoms with van der Waals surface area (Å²) in [6, 6.07) is 3.01. The van der Waals surface area contributed by atoms with Crippen LogP contribution in [0.5, 0.6) is 0 Å². The average molecular weight is 393 g/mol. The number of carboxylic acid groups (broad SMARTS) is 1. The van der Waals surface area contributed by atoms with Crippen molar-refractivity contribution in [3.05, 3.63) is 0 Å². The molecule has 1 unspecified atom stereocenters. The fourth-order valence-electron chi connectivity index (χ4n) is 3.61. The number of carbonyl (C=O) groups excluding carboxylic acids is 1. The Morgan fingerprint density at radius 2 is 1.68 bits per heavy atom. The minimum Gasteiger partial charge on any atom is -0.544 e. The van der Waals surface area contributed by atoms with Gasteiger partial charge in [0.05, 0.1) is 0 Å². The standard InChI is InChI=1S/C23H40N2O3/c1-3-4-5-6-7-8-9-10-11-12-13-15-22(26)24-17-14-18-25(20-23(27)28)21(2)16-19-24/h22,26H,3-15,17-18,20H2,1-2H3. The van der Waals surface area contributed by atoms with Crippen molar-refractivity contribution in [3.63, 3.8) is 0 Å². The average Bonchev–Trinajstić information content (AvgIpc) is 2.65. The van der Waals surface area contributed by atoms with Gasteiger partial charge in [-0.15, -0.1) is 0 Å². The molecule has 1 atom stereocenters. The lowest BCUT2D eigenvalue weighted by molar-refractivity contribution is -0.528. The number of carbonyl (C=O) groups is 1. The number of aliphatic carboxylic acids is 1. The third-order valence-corrected chi connectivity index (χ3v) is 5.43. The summed E-state index contributed by atoms with van der Waals surface area (Å²) >= 11 is 0. The quantitative estimate of drug-likeness (QED) is 0.264. The molecule has 1 heterocycles. The lowest BCUT2D eigenvalue weighted by Gasteiger charge is -2.24. The van der Waals surface area contributed by atoms with Gasteiger partial charge < -0.3 is 19.9 Å². The van der Waals surface area contributed by atoms with Crippen LogP contribution in [0.15, 0.2) is 0 Å². The van der Waals surface area contributed by atoms with E-state index in [2.05, 4.69) is 18.9 Å². The van der Waals surface area contributed by atoms with Gasteiger partial charge in [-0.3, -0.25) is 0 Å². The van der Waals surface area contributed by atoms with Gasteiger partial charge in [-0.25, -0.2) is 4.58 Å². The second kappa shape index (κ2) is 15.4. The number of hydrogen-bond donors (Lipinski definition) is 1. The maximum absolute atomic E-state index is 10.8. The van der Waals surface area contributed by atoms with Crippen molar-refractivity contribution in [1.82, 2.24) is 4.90 Å². The molecule has 1 aliphatic rings. The van der Waals surface area contributed by atoms with E-state index in [0.717, 1.165) is 25.0 Å². The Morgan fingerprint density at radius 3 is 2.25 bits per heavy atom. The first kappa shape index (κ1) is 24.5. The van der Waals surface area contributed by atoms with Crippen molar-refractivity contribution in [2.75, 3.05) is 19.6 Å². The van der Waals surface area contributed by atoms with Crippen LogP contribution >= 0.6 is 0 Å². The first-order valence-corrected chi connectivity index (χ1v) is 11.3. The number of aliphatic hydroxyl groups excluding tert-OH is 1. The molecular formula is C23H40N2O3. The number of carboxylic acids is 1. The van der Waals surface area contributed by atoms with Crippen molar-refractivity contribution in [2.24, 2.45) is 0 Å². The van der Waals surface area contributed by atoms with E-state index in [1.807, 2.05) is 6.92 Å². The molecule has 0 fully saturated rings. The molecule has 1 N–H and O–H groups in total. The van der Waals surface area contributed by atoms with Gasteiger partial charge in [0.1, 0.15) is 18.7 Å². The third kappa shape index (κ3) is 11.3. The van der Waals surface area contributed by atoms with Crippen LogP contribution in [0.25, 0.3) is 0 Å². The zero-order valence-electron chi connectivity index (χ0n) is 18.0. The molecule has 0 aromatic rings. The van der Waals surface area contributed by atoms with Crippen molar-refractivity contribution >= 4 is 11.7 Å². The predicted octanol–water partition coefficient (Wildman–Crippen LogP) is 2.90. The highest BCUT2D eigenvalue weighted by molar-refractivity contribution is 5.94. The number of rotatable bonds is 15. The van der Waals surface area contributed by atoms with E-state index in [1.54, 1.807) is 9.48 Å². The van der Waals surface area contributed by atoms with Crippen LogP contribution < -0.4 is 5.11 Å². The van der Waals surface area contributed by atoms with Crippen LogP contribution in [0, 0.1) is 12.0 Å². The van der Waals surface area contributed by atoms with E-state index >= 15 is 0 Å². The molecule has 0 aromatic carbocycles. The molecule has 160 valence electrons. The van der Waals surface area contributed by atoms with E-state index in [9.17, 15) is 15.0 Å². The highest BCUT2D eigenvalue weighted by Gasteiger charge is 2.17. The SMILES string of the molecule is CCCCCCCCCCCCCC(O)N1C#CC(C)=[N+](CC(=O)[O-])CCC1. The monoisotopic (exact) mass is 392 g/mol. The van der Waals surface area contributed by atoms with Gasteiger partial charge in [0.2, 0.25) is 5.71 Å². The maximum Gasteiger partial charge on any atom is 0.226 e. The number of hydrogen-bond acceptors (Lipinski definition) is 4. The fourth-order valence-corrected chi connectivity index (χ4v) is 3.61. The van der Waals surface area contributed by atoms with Crippen molar-refractivity contribution < 1.29 is 19.6 Å². The van der Waals surface area contributed by atoms with Crippen LogP contribution in [0.2, 0.25) is 0 Å². The van der Waals surface area contributed by atoms with E-state index < -0.39 is 12.2 Å². The van der Waals surface area contributed by atoms with Gasteiger partial charge in [-0.05, 0) is 12.8 Å². The van der Waals surface area contributed by atoms with Crippen molar-refractivity contribution in [1.29, 1.82) is 0 Å². The molecule has 0 aliphatic carbocycles. The zero-order chi connectivity index (χ0) is 20.6. The molecule has 0 bridgehead atoms. The lowest BCUT2D eigenvalue weighted by atomic mass is 10.0. The van der Waals surface area contributed by atoms with Crippen LogP contribution in [0.3, 0.4) is 0 Å². The summed E-state index contributed by atoms with van der Waals surface area (Å²) in [5, 5.41) is 21.2. The highest BCUT2D eigenvalue weighted by Crippen LogP contribution is 2.13. The van der Waals surface area contributed by atoms with Crippen LogP contribution in [-0.4, -0.2) is 52.1 Å². The summed E-state index contributed by atoms with van der Waals surface area (Å²) in [4.78, 5) is 12.6. The first-order chi connectivity index (χ1) is 13.5. The minimum absolute atomic E-state index is 0.123. The normalized spacial score (nSPS) is 15.6. The van der Waals surface area contributed by atoms with Crippen LogP contribution in [0.4, 0.5) is 0 Å². The molecule has 5 nitrogen and oxygen atoms in total. The number of aliphatic hydroxyl groups is 1. The molecule has 0 saturated carbocycles. The summed E-state index contributed by atoms with van der Waals surface area (Å²) in [5.74, 6) is 1.89. The molecule has 1 aliphatic heterocycles. The smallest absolute Gasteiger partial charge is 0.226 e. The molecular weight excluding hydrogens is 352 g/mol. The van der Waals surface area contributed by atoms with Gasteiger partial charge >= 0.3 is 0 Å². The molecule has 0 amide bonds. The summed E-state index contributed by atoms with van der Waals surface area (Å²) in [5.41, 5.74) is 0.718. The highest BCUT2D eigenvalue weighted by atomic mass is 16.4. The van der Waals surface area contributed by atoms with Gasteiger partial charge in [0, 0.05) is 31.9 Å². The zero-order valence-corrected chi connectivity index (χ0v) is 18.0. The van der Waals surface area contributed by atoms with Crippen molar-refractivity contribution in [2.45, 2.75) is 104 Å². The van der Waals surface area contributed by atoms with E-state index in [-0.39, 0.29) is 6.54 Å². The predicted molar refractivity (Wildman–Crippen MR) is 112 cm³/mol. The Labute approximate surface area is 171 Å². The van der Waals surface area contributed by atoms with Crippen LogP contribution in [-0.2, 0) is 4.79 Å². The van der Waals surface area contributed by atoms with Gasteiger partial charge in [0.25, 0.3) is 0 Å². The second-order valence-electron chi connectivity index (χ2n) is 7.97. The summed E-state index contributed by atoms with van der Waals surface area (Å²) < 4.78 is 1.73. The Balaban J connectivity index is 2.18. The molecule has 0 radical (unpaired) electrons. The second-order valence-corrected chi connectivity index (χ2v) is 7.97. The minimum atomic E-state index is -1.09. The van der Waals surface area contributed by atoms with Crippen molar-refractivity contribution in [3.8, 4) is 12.0 Å². The summed E-state index contributed by atoms with van der Waals surface area (Å²) in [7, 11) is 0. The molecule has 28 heavy (non-hydrogen) atoms. The van der Waals surface area contributed by atoms with Gasteiger partial charge in [-0.2, -0.15) is 0 Å².